The number of methoxy groups -OCH3 is 1. The lowest BCUT2D eigenvalue weighted by molar-refractivity contribution is 0.0952. The summed E-state index contributed by atoms with van der Waals surface area (Å²) in [5.41, 5.74) is 2.95. The van der Waals surface area contributed by atoms with E-state index in [0.29, 0.717) is 17.1 Å². The molecule has 0 fully saturated rings. The highest BCUT2D eigenvalue weighted by atomic mass is 32.2. The number of nitrogens with zero attached hydrogens (tertiary/aromatic N) is 1. The van der Waals surface area contributed by atoms with E-state index in [0.717, 1.165) is 20.8 Å². The molecule has 144 valence electrons. The Balaban J connectivity index is 1.44. The first kappa shape index (κ1) is 18.8. The molecule has 3 aromatic carbocycles. The first-order valence-corrected chi connectivity index (χ1v) is 9.77. The fraction of sp³-hybridized carbons (Fsp3) is 0.0435. The Morgan fingerprint density at radius 2 is 1.72 bits per heavy atom. The van der Waals surface area contributed by atoms with Crippen LogP contribution in [0.2, 0.25) is 0 Å². The van der Waals surface area contributed by atoms with Crippen molar-refractivity contribution < 1.29 is 13.9 Å². The van der Waals surface area contributed by atoms with Crippen LogP contribution in [-0.4, -0.2) is 19.2 Å². The van der Waals surface area contributed by atoms with Crippen LogP contribution in [0, 0.1) is 0 Å². The van der Waals surface area contributed by atoms with Gasteiger partial charge >= 0.3 is 0 Å². The lowest BCUT2D eigenvalue weighted by Crippen LogP contribution is -2.18. The van der Waals surface area contributed by atoms with E-state index in [9.17, 15) is 4.79 Å². The van der Waals surface area contributed by atoms with Gasteiger partial charge in [0.15, 0.2) is 5.09 Å². The zero-order valence-corrected chi connectivity index (χ0v) is 16.5. The van der Waals surface area contributed by atoms with E-state index in [2.05, 4.69) is 10.5 Å². The number of benzene rings is 3. The molecule has 0 spiro atoms. The van der Waals surface area contributed by atoms with Crippen LogP contribution in [0.1, 0.15) is 16.1 Å². The van der Waals surface area contributed by atoms with Crippen LogP contribution in [0.4, 0.5) is 0 Å². The van der Waals surface area contributed by atoms with Crippen molar-refractivity contribution in [3.8, 4) is 5.75 Å². The minimum Gasteiger partial charge on any atom is -0.496 e. The van der Waals surface area contributed by atoms with Gasteiger partial charge in [0.1, 0.15) is 11.5 Å². The molecule has 0 unspecified atom stereocenters. The summed E-state index contributed by atoms with van der Waals surface area (Å²) in [5.74, 6) is 0.694. The maximum atomic E-state index is 12.6. The number of carbonyl (C=O) groups is 1. The second kappa shape index (κ2) is 8.67. The number of carbonyl (C=O) groups excluding carboxylic acids is 1. The van der Waals surface area contributed by atoms with Crippen molar-refractivity contribution in [2.24, 2.45) is 5.10 Å². The van der Waals surface area contributed by atoms with Crippen molar-refractivity contribution in [1.29, 1.82) is 0 Å². The predicted octanol–water partition coefficient (Wildman–Crippen LogP) is 5.36. The summed E-state index contributed by atoms with van der Waals surface area (Å²) in [7, 11) is 1.54. The highest BCUT2D eigenvalue weighted by Crippen LogP contribution is 2.28. The molecule has 0 saturated heterocycles. The van der Waals surface area contributed by atoms with E-state index in [1.165, 1.54) is 18.0 Å². The number of fused-ring (bicyclic) bond motifs is 1. The Morgan fingerprint density at radius 1 is 1.00 bits per heavy atom. The second-order valence-electron chi connectivity index (χ2n) is 6.17. The fourth-order valence-corrected chi connectivity index (χ4v) is 3.64. The molecular formula is C23H18N2O3S. The molecule has 29 heavy (non-hydrogen) atoms. The molecule has 4 aromatic rings. The Labute approximate surface area is 172 Å². The van der Waals surface area contributed by atoms with Gasteiger partial charge in [0.25, 0.3) is 5.91 Å². The lowest BCUT2D eigenvalue weighted by Gasteiger charge is -2.09. The Kier molecular flexibility index (Phi) is 5.63. The zero-order valence-electron chi connectivity index (χ0n) is 15.7. The van der Waals surface area contributed by atoms with Crippen molar-refractivity contribution in [3.63, 3.8) is 0 Å². The van der Waals surface area contributed by atoms with Crippen LogP contribution < -0.4 is 10.2 Å². The Hall–Kier alpha value is -3.51. The van der Waals surface area contributed by atoms with Crippen molar-refractivity contribution in [2.75, 3.05) is 7.11 Å². The number of ether oxygens (including phenoxy) is 1. The summed E-state index contributed by atoms with van der Waals surface area (Å²) in [5, 5.41) is 6.72. The molecule has 0 saturated carbocycles. The van der Waals surface area contributed by atoms with Gasteiger partial charge in [-0.05, 0) is 47.2 Å². The molecule has 0 radical (unpaired) electrons. The Bertz CT molecular complexity index is 1170. The van der Waals surface area contributed by atoms with Crippen molar-refractivity contribution in [2.45, 2.75) is 9.99 Å². The smallest absolute Gasteiger partial charge is 0.275 e. The molecule has 0 aliphatic heterocycles. The van der Waals surface area contributed by atoms with Gasteiger partial charge in [-0.25, -0.2) is 5.43 Å². The van der Waals surface area contributed by atoms with E-state index in [1.807, 2.05) is 66.7 Å². The van der Waals surface area contributed by atoms with Gasteiger partial charge in [-0.2, -0.15) is 5.10 Å². The first-order valence-electron chi connectivity index (χ1n) is 8.96. The minimum atomic E-state index is -0.353. The maximum absolute atomic E-state index is 12.6. The van der Waals surface area contributed by atoms with Crippen molar-refractivity contribution in [3.05, 3.63) is 90.2 Å². The molecular weight excluding hydrogens is 384 g/mol. The molecule has 1 amide bonds. The fourth-order valence-electron chi connectivity index (χ4n) is 2.84. The first-order chi connectivity index (χ1) is 14.2. The quantitative estimate of drug-likeness (QED) is 0.348. The molecule has 0 aliphatic rings. The van der Waals surface area contributed by atoms with E-state index < -0.39 is 0 Å². The van der Waals surface area contributed by atoms with Crippen LogP contribution >= 0.6 is 11.8 Å². The molecule has 6 heteroatoms. The largest absolute Gasteiger partial charge is 0.496 e. The average molecular weight is 402 g/mol. The summed E-state index contributed by atoms with van der Waals surface area (Å²) in [4.78, 5) is 13.7. The topological polar surface area (TPSA) is 63.8 Å². The molecule has 0 atom stereocenters. The van der Waals surface area contributed by atoms with Crippen LogP contribution in [0.5, 0.6) is 5.75 Å². The monoisotopic (exact) mass is 402 g/mol. The van der Waals surface area contributed by atoms with Crippen molar-refractivity contribution in [1.82, 2.24) is 5.43 Å². The van der Waals surface area contributed by atoms with Gasteiger partial charge in [-0.1, -0.05) is 54.2 Å². The van der Waals surface area contributed by atoms with Gasteiger partial charge in [-0.15, -0.1) is 0 Å². The molecule has 5 nitrogen and oxygen atoms in total. The summed E-state index contributed by atoms with van der Waals surface area (Å²) in [6.45, 7) is 0. The van der Waals surface area contributed by atoms with Crippen molar-refractivity contribution >= 4 is 34.7 Å². The highest BCUT2D eigenvalue weighted by molar-refractivity contribution is 7.99. The molecule has 1 heterocycles. The lowest BCUT2D eigenvalue weighted by atomic mass is 10.1. The maximum Gasteiger partial charge on any atom is 0.275 e. The van der Waals surface area contributed by atoms with E-state index in [4.69, 9.17) is 9.15 Å². The van der Waals surface area contributed by atoms with Gasteiger partial charge in [0.2, 0.25) is 0 Å². The molecule has 0 bridgehead atoms. The third kappa shape index (κ3) is 4.50. The summed E-state index contributed by atoms with van der Waals surface area (Å²) in [6, 6.07) is 25.0. The van der Waals surface area contributed by atoms with E-state index >= 15 is 0 Å². The number of hydrogen-bond donors (Lipinski definition) is 1. The van der Waals surface area contributed by atoms with E-state index in [-0.39, 0.29) is 5.91 Å². The average Bonchev–Trinajstić information content (AvgIpc) is 3.20. The molecule has 1 aromatic heterocycles. The van der Waals surface area contributed by atoms with Crippen LogP contribution in [-0.2, 0) is 0 Å². The minimum absolute atomic E-state index is 0.353. The Morgan fingerprint density at radius 3 is 2.48 bits per heavy atom. The molecule has 4 rings (SSSR count). The van der Waals surface area contributed by atoms with Crippen LogP contribution in [0.25, 0.3) is 10.8 Å². The summed E-state index contributed by atoms with van der Waals surface area (Å²) in [6.07, 6.45) is 1.47. The number of furan rings is 1. The molecule has 1 N–H and O–H groups in total. The molecule has 0 aliphatic carbocycles. The van der Waals surface area contributed by atoms with Gasteiger partial charge in [0, 0.05) is 4.90 Å². The normalized spacial score (nSPS) is 11.1. The number of hydrazone groups is 1. The van der Waals surface area contributed by atoms with Crippen LogP contribution in [0.15, 0.2) is 98.4 Å². The number of nitrogens with one attached hydrogen (secondary N) is 1. The van der Waals surface area contributed by atoms with Gasteiger partial charge < -0.3 is 9.15 Å². The zero-order chi connectivity index (χ0) is 20.1. The van der Waals surface area contributed by atoms with Gasteiger partial charge in [-0.3, -0.25) is 4.79 Å². The SMILES string of the molecule is COc1cc2ccccc2cc1C(=O)N/N=C\c1ccc(Sc2ccccc2)o1. The van der Waals surface area contributed by atoms with Crippen LogP contribution in [0.3, 0.4) is 0 Å². The summed E-state index contributed by atoms with van der Waals surface area (Å²) >= 11 is 1.52. The van der Waals surface area contributed by atoms with Gasteiger partial charge in [0.05, 0.1) is 18.9 Å². The summed E-state index contributed by atoms with van der Waals surface area (Å²) < 4.78 is 11.1. The second-order valence-corrected chi connectivity index (χ2v) is 7.25. The number of rotatable bonds is 6. The predicted molar refractivity (Wildman–Crippen MR) is 115 cm³/mol. The third-order valence-corrected chi connectivity index (χ3v) is 5.16. The highest BCUT2D eigenvalue weighted by Gasteiger charge is 2.13. The third-order valence-electron chi connectivity index (χ3n) is 4.23. The standard InChI is InChI=1S/C23H18N2O3S/c1-27-21-14-17-8-6-5-7-16(17)13-20(21)23(26)25-24-15-18-11-12-22(28-18)29-19-9-3-2-4-10-19/h2-15H,1H3,(H,25,26)/b24-15-. The van der Waals surface area contributed by atoms with E-state index in [1.54, 1.807) is 19.2 Å². The number of hydrogen-bond acceptors (Lipinski definition) is 5. The number of amides is 1.